The van der Waals surface area contributed by atoms with Crippen LogP contribution in [0.5, 0.6) is 0 Å². The summed E-state index contributed by atoms with van der Waals surface area (Å²) in [4.78, 5) is 23.9. The maximum atomic E-state index is 11.8. The van der Waals surface area contributed by atoms with E-state index >= 15 is 0 Å². The van der Waals surface area contributed by atoms with Crippen LogP contribution in [0.2, 0.25) is 4.34 Å². The van der Waals surface area contributed by atoms with E-state index in [0.717, 1.165) is 21.4 Å². The summed E-state index contributed by atoms with van der Waals surface area (Å²) in [6, 6.07) is 10.6. The third-order valence-electron chi connectivity index (χ3n) is 2.86. The first-order valence-electron chi connectivity index (χ1n) is 6.43. The van der Waals surface area contributed by atoms with E-state index in [1.807, 2.05) is 31.2 Å². The Bertz CT molecular complexity index is 672. The van der Waals surface area contributed by atoms with Gasteiger partial charge in [-0.25, -0.2) is 4.79 Å². The molecule has 2 aromatic rings. The SMILES string of the molecule is CC(NC(=O)COC(=O)c1ccc(Cl)s1)c1ccc(Br)cc1. The fraction of sp³-hybridized carbons (Fsp3) is 0.200. The average Bonchev–Trinajstić information content (AvgIpc) is 2.92. The number of nitrogens with one attached hydrogen (secondary N) is 1. The van der Waals surface area contributed by atoms with Crippen LogP contribution in [0.25, 0.3) is 0 Å². The van der Waals surface area contributed by atoms with Gasteiger partial charge in [0.1, 0.15) is 4.88 Å². The standard InChI is InChI=1S/C15H13BrClNO3S/c1-9(10-2-4-11(16)5-3-10)18-14(19)8-21-15(20)12-6-7-13(17)22-12/h2-7,9H,8H2,1H3,(H,18,19). The molecular weight excluding hydrogens is 390 g/mol. The van der Waals surface area contributed by atoms with Crippen LogP contribution < -0.4 is 5.32 Å². The number of hydrogen-bond acceptors (Lipinski definition) is 4. The number of halogens is 2. The first-order valence-corrected chi connectivity index (χ1v) is 8.42. The lowest BCUT2D eigenvalue weighted by atomic mass is 10.1. The quantitative estimate of drug-likeness (QED) is 0.763. The summed E-state index contributed by atoms with van der Waals surface area (Å²) >= 11 is 10.2. The Morgan fingerprint density at radius 2 is 1.95 bits per heavy atom. The zero-order valence-electron chi connectivity index (χ0n) is 11.6. The average molecular weight is 403 g/mol. The number of esters is 1. The second-order valence-corrected chi connectivity index (χ2v) is 7.15. The highest BCUT2D eigenvalue weighted by Crippen LogP contribution is 2.22. The molecular formula is C15H13BrClNO3S. The normalized spacial score (nSPS) is 11.8. The summed E-state index contributed by atoms with van der Waals surface area (Å²) in [6.07, 6.45) is 0. The lowest BCUT2D eigenvalue weighted by Gasteiger charge is -2.14. The Morgan fingerprint density at radius 1 is 1.27 bits per heavy atom. The van der Waals surface area contributed by atoms with Crippen LogP contribution >= 0.6 is 38.9 Å². The van der Waals surface area contributed by atoms with Gasteiger partial charge in [-0.3, -0.25) is 4.79 Å². The molecule has 1 heterocycles. The first kappa shape index (κ1) is 17.0. The van der Waals surface area contributed by atoms with Gasteiger partial charge in [0, 0.05) is 4.47 Å². The number of amides is 1. The molecule has 1 unspecified atom stereocenters. The second kappa shape index (κ2) is 7.76. The van der Waals surface area contributed by atoms with Crippen molar-refractivity contribution in [3.05, 3.63) is 55.6 Å². The van der Waals surface area contributed by atoms with Crippen molar-refractivity contribution in [3.63, 3.8) is 0 Å². The van der Waals surface area contributed by atoms with Crippen molar-refractivity contribution in [2.75, 3.05) is 6.61 Å². The van der Waals surface area contributed by atoms with Gasteiger partial charge < -0.3 is 10.1 Å². The van der Waals surface area contributed by atoms with Crippen molar-refractivity contribution in [1.82, 2.24) is 5.32 Å². The summed E-state index contributed by atoms with van der Waals surface area (Å²) in [7, 11) is 0. The van der Waals surface area contributed by atoms with Crippen molar-refractivity contribution >= 4 is 50.7 Å². The molecule has 2 rings (SSSR count). The van der Waals surface area contributed by atoms with E-state index < -0.39 is 5.97 Å². The number of ether oxygens (including phenoxy) is 1. The van der Waals surface area contributed by atoms with Crippen molar-refractivity contribution in [3.8, 4) is 0 Å². The van der Waals surface area contributed by atoms with E-state index in [4.69, 9.17) is 16.3 Å². The van der Waals surface area contributed by atoms with Crippen LogP contribution in [0.15, 0.2) is 40.9 Å². The molecule has 0 saturated heterocycles. The number of carbonyl (C=O) groups excluding carboxylic acids is 2. The largest absolute Gasteiger partial charge is 0.451 e. The van der Waals surface area contributed by atoms with Crippen LogP contribution in [-0.4, -0.2) is 18.5 Å². The second-order valence-electron chi connectivity index (χ2n) is 4.52. The Morgan fingerprint density at radius 3 is 2.55 bits per heavy atom. The highest BCUT2D eigenvalue weighted by molar-refractivity contribution is 9.10. The van der Waals surface area contributed by atoms with Crippen molar-refractivity contribution in [2.45, 2.75) is 13.0 Å². The Hall–Kier alpha value is -1.37. The summed E-state index contributed by atoms with van der Waals surface area (Å²) in [5.41, 5.74) is 0.966. The molecule has 7 heteroatoms. The minimum Gasteiger partial charge on any atom is -0.451 e. The topological polar surface area (TPSA) is 55.4 Å². The molecule has 4 nitrogen and oxygen atoms in total. The maximum absolute atomic E-state index is 11.8. The lowest BCUT2D eigenvalue weighted by molar-refractivity contribution is -0.124. The monoisotopic (exact) mass is 401 g/mol. The Balaban J connectivity index is 1.82. The van der Waals surface area contributed by atoms with Crippen LogP contribution in [0.3, 0.4) is 0 Å². The Labute approximate surface area is 145 Å². The lowest BCUT2D eigenvalue weighted by Crippen LogP contribution is -2.31. The van der Waals surface area contributed by atoms with E-state index in [1.165, 1.54) is 0 Å². The molecule has 0 aliphatic rings. The predicted molar refractivity (Wildman–Crippen MR) is 90.3 cm³/mol. The number of benzene rings is 1. The third-order valence-corrected chi connectivity index (χ3v) is 4.60. The van der Waals surface area contributed by atoms with Crippen molar-refractivity contribution in [2.24, 2.45) is 0 Å². The number of thiophene rings is 1. The molecule has 0 spiro atoms. The molecule has 0 aliphatic heterocycles. The highest BCUT2D eigenvalue weighted by Gasteiger charge is 2.14. The zero-order chi connectivity index (χ0) is 16.1. The van der Waals surface area contributed by atoms with Gasteiger partial charge in [-0.05, 0) is 36.8 Å². The van der Waals surface area contributed by atoms with E-state index in [2.05, 4.69) is 21.2 Å². The molecule has 0 aliphatic carbocycles. The molecule has 1 aromatic carbocycles. The first-order chi connectivity index (χ1) is 10.5. The van der Waals surface area contributed by atoms with Gasteiger partial charge in [-0.15, -0.1) is 11.3 Å². The fourth-order valence-electron chi connectivity index (χ4n) is 1.74. The van der Waals surface area contributed by atoms with Crippen molar-refractivity contribution < 1.29 is 14.3 Å². The molecule has 0 fully saturated rings. The van der Waals surface area contributed by atoms with Gasteiger partial charge in [0.2, 0.25) is 0 Å². The maximum Gasteiger partial charge on any atom is 0.348 e. The summed E-state index contributed by atoms with van der Waals surface area (Å²) in [5.74, 6) is -0.908. The highest BCUT2D eigenvalue weighted by atomic mass is 79.9. The number of carbonyl (C=O) groups is 2. The summed E-state index contributed by atoms with van der Waals surface area (Å²) in [6.45, 7) is 1.54. The molecule has 1 amide bonds. The molecule has 116 valence electrons. The molecule has 1 N–H and O–H groups in total. The van der Waals surface area contributed by atoms with Gasteiger partial charge in [0.25, 0.3) is 5.91 Å². The smallest absolute Gasteiger partial charge is 0.348 e. The van der Waals surface area contributed by atoms with Gasteiger partial charge in [0.15, 0.2) is 6.61 Å². The number of hydrogen-bond donors (Lipinski definition) is 1. The molecule has 1 aromatic heterocycles. The van der Waals surface area contributed by atoms with Gasteiger partial charge >= 0.3 is 5.97 Å². The van der Waals surface area contributed by atoms with E-state index in [0.29, 0.717) is 9.21 Å². The summed E-state index contributed by atoms with van der Waals surface area (Å²) < 4.78 is 6.42. The van der Waals surface area contributed by atoms with Gasteiger partial charge in [-0.2, -0.15) is 0 Å². The Kier molecular flexibility index (Phi) is 5.99. The minimum absolute atomic E-state index is 0.171. The zero-order valence-corrected chi connectivity index (χ0v) is 14.8. The van der Waals surface area contributed by atoms with Crippen LogP contribution in [0.4, 0.5) is 0 Å². The van der Waals surface area contributed by atoms with Gasteiger partial charge in [0.05, 0.1) is 10.4 Å². The van der Waals surface area contributed by atoms with Crippen LogP contribution in [0.1, 0.15) is 28.2 Å². The van der Waals surface area contributed by atoms with Gasteiger partial charge in [-0.1, -0.05) is 39.7 Å². The predicted octanol–water partition coefficient (Wildman–Crippen LogP) is 4.20. The fourth-order valence-corrected chi connectivity index (χ4v) is 2.95. The van der Waals surface area contributed by atoms with Crippen LogP contribution in [-0.2, 0) is 9.53 Å². The van der Waals surface area contributed by atoms with E-state index in [1.54, 1.807) is 12.1 Å². The molecule has 0 radical (unpaired) electrons. The van der Waals surface area contributed by atoms with Crippen LogP contribution in [0, 0.1) is 0 Å². The van der Waals surface area contributed by atoms with E-state index in [9.17, 15) is 9.59 Å². The summed E-state index contributed by atoms with van der Waals surface area (Å²) in [5, 5.41) is 2.77. The molecule has 0 bridgehead atoms. The number of rotatable bonds is 5. The minimum atomic E-state index is -0.552. The third kappa shape index (κ3) is 4.83. The molecule has 0 saturated carbocycles. The van der Waals surface area contributed by atoms with E-state index in [-0.39, 0.29) is 18.6 Å². The molecule has 1 atom stereocenters. The van der Waals surface area contributed by atoms with Crippen molar-refractivity contribution in [1.29, 1.82) is 0 Å². The molecule has 22 heavy (non-hydrogen) atoms.